The van der Waals surface area contributed by atoms with Crippen molar-refractivity contribution in [2.24, 2.45) is 0 Å². The van der Waals surface area contributed by atoms with Crippen LogP contribution >= 0.6 is 0 Å². The Morgan fingerprint density at radius 3 is 2.44 bits per heavy atom. The predicted molar refractivity (Wildman–Crippen MR) is 96.2 cm³/mol. The van der Waals surface area contributed by atoms with Gasteiger partial charge >= 0.3 is 0 Å². The number of benzene rings is 2. The van der Waals surface area contributed by atoms with E-state index in [0.717, 1.165) is 0 Å². The van der Waals surface area contributed by atoms with E-state index in [9.17, 15) is 19.8 Å². The molecule has 1 amide bonds. The van der Waals surface area contributed by atoms with E-state index < -0.39 is 11.5 Å². The van der Waals surface area contributed by atoms with Gasteiger partial charge in [0, 0.05) is 17.6 Å². The van der Waals surface area contributed by atoms with Crippen molar-refractivity contribution in [1.82, 2.24) is 4.57 Å². The van der Waals surface area contributed by atoms with Gasteiger partial charge in [-0.2, -0.15) is 0 Å². The number of nitrogens with one attached hydrogen (secondary N) is 1. The SMILES string of the molecule is CCCn1c(=O)c(C(=O)Nc2ccc(O)cc2)c(O)c2ccccc21. The molecular weight excluding hydrogens is 320 g/mol. The van der Waals surface area contributed by atoms with Crippen LogP contribution in [0, 0.1) is 0 Å². The highest BCUT2D eigenvalue weighted by Crippen LogP contribution is 2.27. The number of carbonyl (C=O) groups excluding carboxylic acids is 1. The van der Waals surface area contributed by atoms with Crippen LogP contribution < -0.4 is 10.9 Å². The van der Waals surface area contributed by atoms with E-state index in [4.69, 9.17) is 0 Å². The minimum atomic E-state index is -0.691. The van der Waals surface area contributed by atoms with Crippen LogP contribution in [0.15, 0.2) is 53.3 Å². The molecule has 0 radical (unpaired) electrons. The van der Waals surface area contributed by atoms with Gasteiger partial charge in [0.2, 0.25) is 0 Å². The van der Waals surface area contributed by atoms with Crippen LogP contribution in [0.2, 0.25) is 0 Å². The second-order valence-corrected chi connectivity index (χ2v) is 5.70. The van der Waals surface area contributed by atoms with Crippen molar-refractivity contribution in [2.45, 2.75) is 19.9 Å². The van der Waals surface area contributed by atoms with Gasteiger partial charge in [-0.3, -0.25) is 9.59 Å². The molecule has 2 aromatic carbocycles. The van der Waals surface area contributed by atoms with Gasteiger partial charge in [0.15, 0.2) is 0 Å². The summed E-state index contributed by atoms with van der Waals surface area (Å²) in [6.07, 6.45) is 0.716. The third kappa shape index (κ3) is 3.06. The zero-order valence-corrected chi connectivity index (χ0v) is 13.7. The van der Waals surface area contributed by atoms with E-state index >= 15 is 0 Å². The molecule has 0 saturated carbocycles. The Balaban J connectivity index is 2.13. The molecule has 0 fully saturated rings. The standard InChI is InChI=1S/C19H18N2O4/c1-2-11-21-15-6-4-3-5-14(15)17(23)16(19(21)25)18(24)20-12-7-9-13(22)10-8-12/h3-10,22-23H,2,11H2,1H3,(H,20,24). The summed E-state index contributed by atoms with van der Waals surface area (Å²) in [6, 6.07) is 12.8. The zero-order valence-electron chi connectivity index (χ0n) is 13.7. The van der Waals surface area contributed by atoms with E-state index in [-0.39, 0.29) is 17.1 Å². The van der Waals surface area contributed by atoms with Crippen molar-refractivity contribution in [3.05, 3.63) is 64.4 Å². The van der Waals surface area contributed by atoms with Crippen LogP contribution in [-0.2, 0) is 6.54 Å². The van der Waals surface area contributed by atoms with Gasteiger partial charge in [0.05, 0.1) is 5.52 Å². The van der Waals surface area contributed by atoms with Crippen LogP contribution in [-0.4, -0.2) is 20.7 Å². The number of anilines is 1. The molecule has 6 nitrogen and oxygen atoms in total. The zero-order chi connectivity index (χ0) is 18.0. The lowest BCUT2D eigenvalue weighted by molar-refractivity contribution is 0.102. The molecule has 0 atom stereocenters. The number of amides is 1. The minimum Gasteiger partial charge on any atom is -0.508 e. The van der Waals surface area contributed by atoms with Gasteiger partial charge in [0.1, 0.15) is 17.1 Å². The largest absolute Gasteiger partial charge is 0.508 e. The molecule has 1 heterocycles. The highest BCUT2D eigenvalue weighted by Gasteiger charge is 2.22. The molecule has 3 aromatic rings. The first-order valence-electron chi connectivity index (χ1n) is 7.97. The van der Waals surface area contributed by atoms with Gasteiger partial charge in [-0.15, -0.1) is 0 Å². The molecule has 0 aliphatic carbocycles. The van der Waals surface area contributed by atoms with Crippen molar-refractivity contribution in [3.8, 4) is 11.5 Å². The normalized spacial score (nSPS) is 10.8. The second-order valence-electron chi connectivity index (χ2n) is 5.70. The number of carbonyl (C=O) groups is 1. The van der Waals surface area contributed by atoms with Crippen molar-refractivity contribution in [2.75, 3.05) is 5.32 Å². The van der Waals surface area contributed by atoms with Crippen LogP contribution in [0.25, 0.3) is 10.9 Å². The first-order chi connectivity index (χ1) is 12.0. The summed E-state index contributed by atoms with van der Waals surface area (Å²) >= 11 is 0. The van der Waals surface area contributed by atoms with Crippen LogP contribution in [0.1, 0.15) is 23.7 Å². The summed E-state index contributed by atoms with van der Waals surface area (Å²) < 4.78 is 1.50. The number of pyridine rings is 1. The topological polar surface area (TPSA) is 91.6 Å². The lowest BCUT2D eigenvalue weighted by atomic mass is 10.1. The van der Waals surface area contributed by atoms with E-state index in [1.807, 2.05) is 6.92 Å². The lowest BCUT2D eigenvalue weighted by Crippen LogP contribution is -2.29. The fourth-order valence-electron chi connectivity index (χ4n) is 2.78. The van der Waals surface area contributed by atoms with Crippen molar-refractivity contribution < 1.29 is 15.0 Å². The number of fused-ring (bicyclic) bond motifs is 1. The Bertz CT molecular complexity index is 991. The molecule has 0 unspecified atom stereocenters. The number of phenolic OH excluding ortho intramolecular Hbond substituents is 1. The van der Waals surface area contributed by atoms with Crippen molar-refractivity contribution in [1.29, 1.82) is 0 Å². The maximum atomic E-state index is 12.8. The Kier molecular flexibility index (Phi) is 4.43. The first kappa shape index (κ1) is 16.6. The number of aromatic hydroxyl groups is 2. The molecule has 0 bridgehead atoms. The third-order valence-corrected chi connectivity index (χ3v) is 3.95. The van der Waals surface area contributed by atoms with E-state index in [1.165, 1.54) is 28.8 Å². The number of hydrogen-bond donors (Lipinski definition) is 3. The first-order valence-corrected chi connectivity index (χ1v) is 7.97. The number of hydrogen-bond acceptors (Lipinski definition) is 4. The smallest absolute Gasteiger partial charge is 0.267 e. The molecule has 0 aliphatic rings. The number of aromatic nitrogens is 1. The number of para-hydroxylation sites is 1. The van der Waals surface area contributed by atoms with Crippen LogP contribution in [0.3, 0.4) is 0 Å². The van der Waals surface area contributed by atoms with Gasteiger partial charge < -0.3 is 20.1 Å². The predicted octanol–water partition coefficient (Wildman–Crippen LogP) is 3.08. The summed E-state index contributed by atoms with van der Waals surface area (Å²) in [7, 11) is 0. The Morgan fingerprint density at radius 2 is 1.76 bits per heavy atom. The van der Waals surface area contributed by atoms with Gasteiger partial charge in [-0.25, -0.2) is 0 Å². The maximum absolute atomic E-state index is 12.8. The van der Waals surface area contributed by atoms with Gasteiger partial charge in [0.25, 0.3) is 11.5 Å². The fourth-order valence-corrected chi connectivity index (χ4v) is 2.78. The lowest BCUT2D eigenvalue weighted by Gasteiger charge is -2.14. The molecule has 0 spiro atoms. The number of phenols is 1. The quantitative estimate of drug-likeness (QED) is 0.638. The maximum Gasteiger partial charge on any atom is 0.267 e. The van der Waals surface area contributed by atoms with Crippen molar-refractivity contribution >= 4 is 22.5 Å². The Labute approximate surface area is 144 Å². The monoisotopic (exact) mass is 338 g/mol. The number of aryl methyl sites for hydroxylation is 1. The molecule has 25 heavy (non-hydrogen) atoms. The summed E-state index contributed by atoms with van der Waals surface area (Å²) in [6.45, 7) is 2.38. The van der Waals surface area contributed by atoms with Gasteiger partial charge in [-0.1, -0.05) is 19.1 Å². The average molecular weight is 338 g/mol. The molecule has 0 saturated heterocycles. The third-order valence-electron chi connectivity index (χ3n) is 3.95. The number of nitrogens with zero attached hydrogens (tertiary/aromatic N) is 1. The average Bonchev–Trinajstić information content (AvgIpc) is 2.61. The summed E-state index contributed by atoms with van der Waals surface area (Å²) in [5.41, 5.74) is 0.180. The molecule has 3 N–H and O–H groups in total. The second kappa shape index (κ2) is 6.68. The molecular formula is C19H18N2O4. The molecule has 3 rings (SSSR count). The summed E-state index contributed by atoms with van der Waals surface area (Å²) in [4.78, 5) is 25.4. The van der Waals surface area contributed by atoms with Crippen LogP contribution in [0.5, 0.6) is 11.5 Å². The Hall–Kier alpha value is -3.28. The van der Waals surface area contributed by atoms with E-state index in [2.05, 4.69) is 5.32 Å². The Morgan fingerprint density at radius 1 is 1.08 bits per heavy atom. The van der Waals surface area contributed by atoms with E-state index in [1.54, 1.807) is 24.3 Å². The van der Waals surface area contributed by atoms with Crippen LogP contribution in [0.4, 0.5) is 5.69 Å². The molecule has 6 heteroatoms. The fraction of sp³-hybridized carbons (Fsp3) is 0.158. The van der Waals surface area contributed by atoms with Gasteiger partial charge in [-0.05, 0) is 42.8 Å². The molecule has 0 aliphatic heterocycles. The van der Waals surface area contributed by atoms with Crippen molar-refractivity contribution in [3.63, 3.8) is 0 Å². The minimum absolute atomic E-state index is 0.0665. The van der Waals surface area contributed by atoms with E-state index in [0.29, 0.717) is 29.6 Å². The summed E-state index contributed by atoms with van der Waals surface area (Å²) in [5, 5.41) is 22.8. The molecule has 128 valence electrons. The highest BCUT2D eigenvalue weighted by atomic mass is 16.3. The summed E-state index contributed by atoms with van der Waals surface area (Å²) in [5.74, 6) is -0.954. The molecule has 1 aromatic heterocycles. The highest BCUT2D eigenvalue weighted by molar-refractivity contribution is 6.09. The number of rotatable bonds is 4.